The van der Waals surface area contributed by atoms with E-state index in [4.69, 9.17) is 28.6 Å². The number of nitrogens with zero attached hydrogens (tertiary/aromatic N) is 4. The van der Waals surface area contributed by atoms with Gasteiger partial charge in [0, 0.05) is 24.3 Å². The Morgan fingerprint density at radius 2 is 2.00 bits per heavy atom. The maximum Gasteiger partial charge on any atom is 0.258 e. The molecule has 6 nitrogen and oxygen atoms in total. The first-order valence-electron chi connectivity index (χ1n) is 10.6. The number of hydrogen-bond acceptors (Lipinski definition) is 5. The minimum absolute atomic E-state index is 0.125. The Labute approximate surface area is 203 Å². The molecule has 1 aliphatic heterocycles. The lowest BCUT2D eigenvalue weighted by Crippen LogP contribution is -2.44. The smallest absolute Gasteiger partial charge is 0.258 e. The molecule has 4 rings (SSSR count). The Balaban J connectivity index is 1.46. The summed E-state index contributed by atoms with van der Waals surface area (Å²) in [6.45, 7) is 6.56. The lowest BCUT2D eigenvalue weighted by molar-refractivity contribution is -0.123. The highest BCUT2D eigenvalue weighted by Gasteiger charge is 2.49. The van der Waals surface area contributed by atoms with Gasteiger partial charge in [-0.1, -0.05) is 11.6 Å². The predicted octanol–water partition coefficient (Wildman–Crippen LogP) is 5.25. The summed E-state index contributed by atoms with van der Waals surface area (Å²) < 4.78 is 5.94. The van der Waals surface area contributed by atoms with Crippen LogP contribution in [0.25, 0.3) is 10.8 Å². The SMILES string of the molecule is Cc1c(N2C(=O)C(C)(C)N(CCCOc3ccc4cnccc4c3)C2=S)ccc(C#N)c1Cl. The molecule has 0 aliphatic carbocycles. The second-order valence-electron chi connectivity index (χ2n) is 8.40. The van der Waals surface area contributed by atoms with E-state index in [9.17, 15) is 10.1 Å². The average Bonchev–Trinajstić information content (AvgIpc) is 2.97. The highest BCUT2D eigenvalue weighted by Crippen LogP contribution is 2.37. The van der Waals surface area contributed by atoms with E-state index in [0.717, 1.165) is 16.5 Å². The van der Waals surface area contributed by atoms with Gasteiger partial charge in [-0.3, -0.25) is 14.7 Å². The number of halogens is 1. The van der Waals surface area contributed by atoms with E-state index in [1.165, 1.54) is 4.90 Å². The van der Waals surface area contributed by atoms with Gasteiger partial charge in [0.25, 0.3) is 5.91 Å². The van der Waals surface area contributed by atoms with E-state index >= 15 is 0 Å². The highest BCUT2D eigenvalue weighted by atomic mass is 35.5. The van der Waals surface area contributed by atoms with Gasteiger partial charge >= 0.3 is 0 Å². The third kappa shape index (κ3) is 4.12. The Bertz CT molecular complexity index is 1300. The van der Waals surface area contributed by atoms with Gasteiger partial charge in [-0.2, -0.15) is 5.26 Å². The summed E-state index contributed by atoms with van der Waals surface area (Å²) in [6.07, 6.45) is 4.27. The molecule has 1 aromatic heterocycles. The Morgan fingerprint density at radius 1 is 1.21 bits per heavy atom. The molecule has 0 radical (unpaired) electrons. The summed E-state index contributed by atoms with van der Waals surface area (Å²) in [4.78, 5) is 20.9. The summed E-state index contributed by atoms with van der Waals surface area (Å²) in [6, 6.07) is 13.3. The molecule has 0 saturated carbocycles. The largest absolute Gasteiger partial charge is 0.494 e. The molecule has 0 N–H and O–H groups in total. The number of carbonyl (C=O) groups excluding carboxylic acids is 1. The molecule has 0 spiro atoms. The van der Waals surface area contributed by atoms with Gasteiger partial charge in [0.1, 0.15) is 17.4 Å². The zero-order chi connectivity index (χ0) is 23.8. The number of thiocarbonyl (C=S) groups is 1. The van der Waals surface area contributed by atoms with Crippen LogP contribution in [0.3, 0.4) is 0 Å². The fourth-order valence-corrected chi connectivity index (χ4v) is 4.69. The monoisotopic (exact) mass is 478 g/mol. The van der Waals surface area contributed by atoms with Crippen LogP contribution in [0.5, 0.6) is 5.75 Å². The second-order valence-corrected chi connectivity index (χ2v) is 9.15. The van der Waals surface area contributed by atoms with Crippen LogP contribution in [0, 0.1) is 18.3 Å². The summed E-state index contributed by atoms with van der Waals surface area (Å²) in [7, 11) is 0. The number of amides is 1. The van der Waals surface area contributed by atoms with Crippen LogP contribution in [0.2, 0.25) is 5.02 Å². The molecule has 2 heterocycles. The Hall–Kier alpha value is -3.21. The molecule has 1 amide bonds. The van der Waals surface area contributed by atoms with Crippen molar-refractivity contribution in [2.24, 2.45) is 0 Å². The van der Waals surface area contributed by atoms with Crippen molar-refractivity contribution in [3.8, 4) is 11.8 Å². The van der Waals surface area contributed by atoms with Gasteiger partial charge in [0.05, 0.1) is 22.9 Å². The molecule has 1 fully saturated rings. The van der Waals surface area contributed by atoms with Crippen molar-refractivity contribution >= 4 is 51.3 Å². The molecular formula is C25H23ClN4O2S. The lowest BCUT2D eigenvalue weighted by atomic mass is 10.0. The molecular weight excluding hydrogens is 456 g/mol. The predicted molar refractivity (Wildman–Crippen MR) is 134 cm³/mol. The molecule has 0 atom stereocenters. The molecule has 33 heavy (non-hydrogen) atoms. The van der Waals surface area contributed by atoms with Gasteiger partial charge in [-0.05, 0) is 86.8 Å². The van der Waals surface area contributed by atoms with Crippen LogP contribution >= 0.6 is 23.8 Å². The van der Waals surface area contributed by atoms with Gasteiger partial charge in [0.15, 0.2) is 5.11 Å². The molecule has 8 heteroatoms. The van der Waals surface area contributed by atoms with E-state index in [-0.39, 0.29) is 5.91 Å². The molecule has 2 aromatic carbocycles. The Kier molecular flexibility index (Phi) is 6.24. The standard InChI is InChI=1S/C25H23ClN4O2S/c1-16-21(8-6-18(14-27)22(16)26)30-23(31)25(2,3)29(24(30)33)11-4-12-32-20-7-5-19-15-28-10-9-17(19)13-20/h5-10,13,15H,4,11-12H2,1-3H3. The quantitative estimate of drug-likeness (QED) is 0.356. The summed E-state index contributed by atoms with van der Waals surface area (Å²) in [5.41, 5.74) is 0.818. The summed E-state index contributed by atoms with van der Waals surface area (Å²) in [5, 5.41) is 12.1. The van der Waals surface area contributed by atoms with Crippen molar-refractivity contribution < 1.29 is 9.53 Å². The van der Waals surface area contributed by atoms with Crippen molar-refractivity contribution in [3.05, 3.63) is 64.9 Å². The highest BCUT2D eigenvalue weighted by molar-refractivity contribution is 7.80. The first kappa shape index (κ1) is 23.0. The van der Waals surface area contributed by atoms with E-state index < -0.39 is 5.54 Å². The first-order valence-corrected chi connectivity index (χ1v) is 11.4. The maximum absolute atomic E-state index is 13.3. The number of fused-ring (bicyclic) bond motifs is 1. The van der Waals surface area contributed by atoms with E-state index in [2.05, 4.69) is 11.1 Å². The number of aromatic nitrogens is 1. The van der Waals surface area contributed by atoms with Gasteiger partial charge in [-0.25, -0.2) is 0 Å². The fraction of sp³-hybridized carbons (Fsp3) is 0.280. The average molecular weight is 479 g/mol. The third-order valence-electron chi connectivity index (χ3n) is 5.95. The molecule has 3 aromatic rings. The lowest BCUT2D eigenvalue weighted by Gasteiger charge is -2.29. The van der Waals surface area contributed by atoms with E-state index in [1.807, 2.05) is 49.2 Å². The fourth-order valence-electron chi connectivity index (χ4n) is 3.99. The molecule has 1 saturated heterocycles. The topological polar surface area (TPSA) is 69.5 Å². The first-order chi connectivity index (χ1) is 15.8. The van der Waals surface area contributed by atoms with Gasteiger partial charge in [0.2, 0.25) is 0 Å². The minimum Gasteiger partial charge on any atom is -0.494 e. The van der Waals surface area contributed by atoms with E-state index in [1.54, 1.807) is 25.3 Å². The van der Waals surface area contributed by atoms with Gasteiger partial charge < -0.3 is 9.64 Å². The van der Waals surface area contributed by atoms with Crippen LogP contribution in [0.1, 0.15) is 31.4 Å². The van der Waals surface area contributed by atoms with Crippen molar-refractivity contribution in [3.63, 3.8) is 0 Å². The van der Waals surface area contributed by atoms with Crippen molar-refractivity contribution in [2.75, 3.05) is 18.1 Å². The molecule has 168 valence electrons. The van der Waals surface area contributed by atoms with Crippen LogP contribution in [-0.4, -0.2) is 39.6 Å². The number of carbonyl (C=O) groups is 1. The van der Waals surface area contributed by atoms with Crippen LogP contribution in [0.15, 0.2) is 48.8 Å². The molecule has 0 bridgehead atoms. The second kappa shape index (κ2) is 8.97. The summed E-state index contributed by atoms with van der Waals surface area (Å²) >= 11 is 12.0. The Morgan fingerprint density at radius 3 is 2.76 bits per heavy atom. The zero-order valence-electron chi connectivity index (χ0n) is 18.6. The van der Waals surface area contributed by atoms with Crippen molar-refractivity contribution in [2.45, 2.75) is 32.7 Å². The van der Waals surface area contributed by atoms with Crippen LogP contribution in [-0.2, 0) is 4.79 Å². The van der Waals surface area contributed by atoms with Crippen molar-refractivity contribution in [1.82, 2.24) is 9.88 Å². The number of pyridine rings is 1. The number of benzene rings is 2. The normalized spacial score (nSPS) is 15.2. The number of ether oxygens (including phenoxy) is 1. The summed E-state index contributed by atoms with van der Waals surface area (Å²) in [5.74, 6) is 0.665. The number of nitriles is 1. The molecule has 0 unspecified atom stereocenters. The van der Waals surface area contributed by atoms with Crippen LogP contribution in [0.4, 0.5) is 5.69 Å². The van der Waals surface area contributed by atoms with Crippen molar-refractivity contribution in [1.29, 1.82) is 5.26 Å². The minimum atomic E-state index is -0.806. The number of rotatable bonds is 6. The van der Waals surface area contributed by atoms with Gasteiger partial charge in [-0.15, -0.1) is 0 Å². The zero-order valence-corrected chi connectivity index (χ0v) is 20.2. The molecule has 1 aliphatic rings. The van der Waals surface area contributed by atoms with E-state index in [0.29, 0.717) is 46.5 Å². The number of anilines is 1. The maximum atomic E-state index is 13.3. The van der Waals surface area contributed by atoms with Crippen LogP contribution < -0.4 is 9.64 Å². The third-order valence-corrected chi connectivity index (χ3v) is 6.84. The number of hydrogen-bond donors (Lipinski definition) is 0.